The smallest absolute Gasteiger partial charge is 0.161 e. The maximum atomic E-state index is 5.97. The summed E-state index contributed by atoms with van der Waals surface area (Å²) in [6.07, 6.45) is 5.08. The Bertz CT molecular complexity index is 539. The molecule has 0 saturated heterocycles. The molecule has 1 aromatic carbocycles. The second-order valence-electron chi connectivity index (χ2n) is 5.86. The molecule has 0 bridgehead atoms. The van der Waals surface area contributed by atoms with Crippen molar-refractivity contribution in [3.8, 4) is 0 Å². The van der Waals surface area contributed by atoms with E-state index < -0.39 is 0 Å². The number of nitrogens with zero attached hydrogens (tertiary/aromatic N) is 1. The van der Waals surface area contributed by atoms with Crippen molar-refractivity contribution in [1.29, 1.82) is 0 Å². The summed E-state index contributed by atoms with van der Waals surface area (Å²) in [5.41, 5.74) is 1.22. The van der Waals surface area contributed by atoms with Crippen LogP contribution in [-0.2, 0) is 0 Å². The minimum Gasteiger partial charge on any atom is -0.334 e. The van der Waals surface area contributed by atoms with Crippen LogP contribution in [0.15, 0.2) is 27.7 Å². The first-order chi connectivity index (χ1) is 9.56. The van der Waals surface area contributed by atoms with Crippen LogP contribution in [-0.4, -0.2) is 16.5 Å². The van der Waals surface area contributed by atoms with Gasteiger partial charge < -0.3 is 5.32 Å². The van der Waals surface area contributed by atoms with Crippen molar-refractivity contribution in [3.05, 3.63) is 27.7 Å². The Hall–Kier alpha value is -0.190. The summed E-state index contributed by atoms with van der Waals surface area (Å²) in [6.45, 7) is 2.35. The van der Waals surface area contributed by atoms with E-state index in [1.807, 2.05) is 30.0 Å². The maximum absolute atomic E-state index is 5.97. The summed E-state index contributed by atoms with van der Waals surface area (Å²) < 4.78 is 0.978. The molecule has 0 aromatic heterocycles. The average molecular weight is 374 g/mol. The number of rotatable bonds is 1. The van der Waals surface area contributed by atoms with E-state index in [4.69, 9.17) is 16.6 Å². The van der Waals surface area contributed by atoms with Crippen molar-refractivity contribution in [2.75, 3.05) is 11.1 Å². The van der Waals surface area contributed by atoms with Gasteiger partial charge in [0.15, 0.2) is 5.17 Å². The van der Waals surface area contributed by atoms with Crippen LogP contribution < -0.4 is 5.32 Å². The highest BCUT2D eigenvalue weighted by Gasteiger charge is 2.38. The van der Waals surface area contributed by atoms with E-state index in [1.54, 1.807) is 0 Å². The molecule has 5 heteroatoms. The fourth-order valence-electron chi connectivity index (χ4n) is 2.81. The normalized spacial score (nSPS) is 29.6. The minimum absolute atomic E-state index is 0.193. The van der Waals surface area contributed by atoms with Gasteiger partial charge in [-0.2, -0.15) is 0 Å². The third-order valence-corrected chi connectivity index (χ3v) is 6.23. The molecule has 1 heterocycles. The Labute approximate surface area is 137 Å². The van der Waals surface area contributed by atoms with E-state index in [0.717, 1.165) is 32.0 Å². The molecular weight excluding hydrogens is 356 g/mol. The summed E-state index contributed by atoms with van der Waals surface area (Å²) in [5.74, 6) is 1.98. The van der Waals surface area contributed by atoms with Crippen LogP contribution in [0.2, 0.25) is 5.02 Å². The van der Waals surface area contributed by atoms with Gasteiger partial charge in [-0.15, -0.1) is 0 Å². The van der Waals surface area contributed by atoms with Crippen LogP contribution in [0, 0.1) is 5.92 Å². The molecule has 1 aromatic rings. The Morgan fingerprint density at radius 3 is 2.85 bits per heavy atom. The predicted molar refractivity (Wildman–Crippen MR) is 93.0 cm³/mol. The number of anilines is 1. The standard InChI is InChI=1S/C15H18BrClN2S/c1-10-4-6-15(7-5-10)9-20-14(19-15)18-13-3-2-11(17)8-12(13)16/h2-3,8,10H,4-7,9H2,1H3,(H,18,19). The minimum atomic E-state index is 0.193. The number of halogens is 2. The van der Waals surface area contributed by atoms with Gasteiger partial charge in [0.25, 0.3) is 0 Å². The number of nitrogens with one attached hydrogen (secondary N) is 1. The highest BCUT2D eigenvalue weighted by Crippen LogP contribution is 2.42. The fourth-order valence-corrected chi connectivity index (χ4v) is 4.79. The summed E-state index contributed by atoms with van der Waals surface area (Å²) in [6, 6.07) is 5.79. The average Bonchev–Trinajstić information content (AvgIpc) is 2.80. The van der Waals surface area contributed by atoms with Crippen molar-refractivity contribution >= 4 is 50.1 Å². The van der Waals surface area contributed by atoms with Gasteiger partial charge in [0.05, 0.1) is 11.2 Å². The molecule has 0 atom stereocenters. The van der Waals surface area contributed by atoms with E-state index in [0.29, 0.717) is 0 Å². The zero-order valence-electron chi connectivity index (χ0n) is 11.5. The predicted octanol–water partition coefficient (Wildman–Crippen LogP) is 5.57. The highest BCUT2D eigenvalue weighted by atomic mass is 79.9. The zero-order chi connectivity index (χ0) is 14.2. The monoisotopic (exact) mass is 372 g/mol. The van der Waals surface area contributed by atoms with E-state index in [2.05, 4.69) is 28.2 Å². The Kier molecular flexibility index (Phi) is 4.34. The molecule has 20 heavy (non-hydrogen) atoms. The lowest BCUT2D eigenvalue weighted by atomic mass is 9.79. The van der Waals surface area contributed by atoms with Crippen LogP contribution in [0.4, 0.5) is 5.69 Å². The van der Waals surface area contributed by atoms with Crippen molar-refractivity contribution in [2.24, 2.45) is 10.9 Å². The molecule has 108 valence electrons. The largest absolute Gasteiger partial charge is 0.334 e. The van der Waals surface area contributed by atoms with Gasteiger partial charge in [0, 0.05) is 15.2 Å². The summed E-state index contributed by atoms with van der Waals surface area (Å²) in [4.78, 5) is 4.99. The summed E-state index contributed by atoms with van der Waals surface area (Å²) >= 11 is 11.4. The van der Waals surface area contributed by atoms with Crippen LogP contribution >= 0.6 is 39.3 Å². The van der Waals surface area contributed by atoms with Crippen molar-refractivity contribution in [3.63, 3.8) is 0 Å². The van der Waals surface area contributed by atoms with Crippen molar-refractivity contribution < 1.29 is 0 Å². The summed E-state index contributed by atoms with van der Waals surface area (Å²) in [5, 5.41) is 5.21. The lowest BCUT2D eigenvalue weighted by molar-refractivity contribution is 0.273. The van der Waals surface area contributed by atoms with Gasteiger partial charge in [0.2, 0.25) is 0 Å². The molecule has 0 radical (unpaired) electrons. The second-order valence-corrected chi connectivity index (χ2v) is 8.12. The molecular formula is C15H18BrClN2S. The third kappa shape index (κ3) is 3.18. The van der Waals surface area contributed by atoms with Crippen LogP contribution in [0.1, 0.15) is 32.6 Å². The number of hydrogen-bond acceptors (Lipinski definition) is 3. The first-order valence-electron chi connectivity index (χ1n) is 7.01. The molecule has 1 aliphatic carbocycles. The highest BCUT2D eigenvalue weighted by molar-refractivity contribution is 9.10. The topological polar surface area (TPSA) is 24.4 Å². The molecule has 1 saturated carbocycles. The first kappa shape index (κ1) is 14.7. The lowest BCUT2D eigenvalue weighted by Crippen LogP contribution is -2.32. The lowest BCUT2D eigenvalue weighted by Gasteiger charge is -2.32. The number of aliphatic imine (C=N–C) groups is 1. The van der Waals surface area contributed by atoms with E-state index >= 15 is 0 Å². The molecule has 1 N–H and O–H groups in total. The van der Waals surface area contributed by atoms with Gasteiger partial charge in [-0.3, -0.25) is 4.99 Å². The van der Waals surface area contributed by atoms with Crippen LogP contribution in [0.3, 0.4) is 0 Å². The van der Waals surface area contributed by atoms with E-state index in [1.165, 1.54) is 25.7 Å². The summed E-state index contributed by atoms with van der Waals surface area (Å²) in [7, 11) is 0. The Morgan fingerprint density at radius 2 is 2.15 bits per heavy atom. The number of amidine groups is 1. The maximum Gasteiger partial charge on any atom is 0.161 e. The van der Waals surface area contributed by atoms with Crippen LogP contribution in [0.5, 0.6) is 0 Å². The molecule has 1 spiro atoms. The Balaban J connectivity index is 1.72. The fraction of sp³-hybridized carbons (Fsp3) is 0.533. The van der Waals surface area contributed by atoms with Gasteiger partial charge >= 0.3 is 0 Å². The molecule has 2 aliphatic rings. The van der Waals surface area contributed by atoms with Gasteiger partial charge in [0.1, 0.15) is 0 Å². The van der Waals surface area contributed by atoms with Gasteiger partial charge in [-0.25, -0.2) is 0 Å². The number of hydrogen-bond donors (Lipinski definition) is 1. The van der Waals surface area contributed by atoms with E-state index in [-0.39, 0.29) is 5.54 Å². The molecule has 0 unspecified atom stereocenters. The van der Waals surface area contributed by atoms with Crippen molar-refractivity contribution in [2.45, 2.75) is 38.1 Å². The molecule has 1 aliphatic heterocycles. The third-order valence-electron chi connectivity index (χ3n) is 4.19. The molecule has 1 fully saturated rings. The Morgan fingerprint density at radius 1 is 1.40 bits per heavy atom. The molecule has 3 rings (SSSR count). The molecule has 2 nitrogen and oxygen atoms in total. The van der Waals surface area contributed by atoms with Gasteiger partial charge in [-0.1, -0.05) is 30.3 Å². The number of thioether (sulfide) groups is 1. The molecule has 0 amide bonds. The SMILES string of the molecule is CC1CCC2(CC1)CSC(Nc1ccc(Cl)cc1Br)=N2. The number of benzene rings is 1. The quantitative estimate of drug-likeness (QED) is 0.696. The van der Waals surface area contributed by atoms with Crippen LogP contribution in [0.25, 0.3) is 0 Å². The van der Waals surface area contributed by atoms with E-state index in [9.17, 15) is 0 Å². The second kappa shape index (κ2) is 5.90. The zero-order valence-corrected chi connectivity index (χ0v) is 14.6. The van der Waals surface area contributed by atoms with Gasteiger partial charge in [-0.05, 0) is 65.7 Å². The van der Waals surface area contributed by atoms with Crippen molar-refractivity contribution in [1.82, 2.24) is 0 Å². The first-order valence-corrected chi connectivity index (χ1v) is 9.17.